The molecule has 1 heterocycles. The molecular formula is C8H16FNO2. The number of hydrogen-bond acceptors (Lipinski definition) is 3. The van der Waals surface area contributed by atoms with E-state index < -0.39 is 0 Å². The third kappa shape index (κ3) is 2.40. The lowest BCUT2D eigenvalue weighted by Gasteiger charge is -2.36. The van der Waals surface area contributed by atoms with Crippen molar-refractivity contribution in [1.29, 1.82) is 0 Å². The molecule has 1 saturated heterocycles. The summed E-state index contributed by atoms with van der Waals surface area (Å²) in [6, 6.07) is 0. The van der Waals surface area contributed by atoms with E-state index in [9.17, 15) is 4.39 Å². The Morgan fingerprint density at radius 3 is 2.58 bits per heavy atom. The van der Waals surface area contributed by atoms with E-state index >= 15 is 0 Å². The Bertz CT molecular complexity index is 126. The quantitative estimate of drug-likeness (QED) is 0.639. The highest BCUT2D eigenvalue weighted by Crippen LogP contribution is 2.19. The van der Waals surface area contributed by atoms with E-state index in [0.717, 1.165) is 12.8 Å². The van der Waals surface area contributed by atoms with Gasteiger partial charge in [0.15, 0.2) is 0 Å². The van der Waals surface area contributed by atoms with Crippen LogP contribution in [0.4, 0.5) is 4.39 Å². The fourth-order valence-corrected chi connectivity index (χ4v) is 1.47. The van der Waals surface area contributed by atoms with E-state index in [2.05, 4.69) is 5.32 Å². The lowest BCUT2D eigenvalue weighted by atomic mass is 9.91. The summed E-state index contributed by atoms with van der Waals surface area (Å²) in [6.07, 6.45) is 1.53. The maximum atomic E-state index is 11.9. The van der Waals surface area contributed by atoms with Crippen molar-refractivity contribution < 1.29 is 14.2 Å². The number of hydrogen-bond donors (Lipinski definition) is 2. The van der Waals surface area contributed by atoms with E-state index in [-0.39, 0.29) is 18.8 Å². The van der Waals surface area contributed by atoms with Gasteiger partial charge in [-0.15, -0.1) is 0 Å². The summed E-state index contributed by atoms with van der Waals surface area (Å²) in [5.74, 6) is 0. The first-order valence-electron chi connectivity index (χ1n) is 4.33. The van der Waals surface area contributed by atoms with Gasteiger partial charge in [0, 0.05) is 25.3 Å². The zero-order chi connectivity index (χ0) is 8.86. The molecule has 3 nitrogen and oxygen atoms in total. The summed E-state index contributed by atoms with van der Waals surface area (Å²) in [5.41, 5.74) is -0.287. The Labute approximate surface area is 71.9 Å². The minimum absolute atomic E-state index is 0.0658. The van der Waals surface area contributed by atoms with Crippen LogP contribution in [0.1, 0.15) is 12.8 Å². The van der Waals surface area contributed by atoms with Gasteiger partial charge in [0.25, 0.3) is 0 Å². The molecule has 0 unspecified atom stereocenters. The normalized spacial score (nSPS) is 22.5. The van der Waals surface area contributed by atoms with Crippen LogP contribution < -0.4 is 5.32 Å². The number of nitrogens with one attached hydrogen (secondary N) is 1. The number of rotatable bonds is 4. The van der Waals surface area contributed by atoms with Gasteiger partial charge in [-0.25, -0.2) is 4.39 Å². The second-order valence-electron chi connectivity index (χ2n) is 3.17. The van der Waals surface area contributed by atoms with Crippen molar-refractivity contribution in [2.75, 3.05) is 33.0 Å². The zero-order valence-electron chi connectivity index (χ0n) is 7.18. The molecule has 0 aromatic rings. The Kier molecular flexibility index (Phi) is 3.91. The van der Waals surface area contributed by atoms with Gasteiger partial charge in [-0.2, -0.15) is 0 Å². The summed E-state index contributed by atoms with van der Waals surface area (Å²) >= 11 is 0. The van der Waals surface area contributed by atoms with E-state index in [4.69, 9.17) is 9.84 Å². The number of alkyl halides is 1. The molecule has 0 saturated carbocycles. The molecule has 12 heavy (non-hydrogen) atoms. The van der Waals surface area contributed by atoms with E-state index in [1.165, 1.54) is 0 Å². The lowest BCUT2D eigenvalue weighted by molar-refractivity contribution is 0.0116. The van der Waals surface area contributed by atoms with Crippen LogP contribution in [0.5, 0.6) is 0 Å². The second kappa shape index (κ2) is 4.74. The van der Waals surface area contributed by atoms with Gasteiger partial charge in [-0.1, -0.05) is 0 Å². The smallest absolute Gasteiger partial charge is 0.102 e. The fourth-order valence-electron chi connectivity index (χ4n) is 1.47. The van der Waals surface area contributed by atoms with Crippen LogP contribution in [0.15, 0.2) is 0 Å². The fraction of sp³-hybridized carbons (Fsp3) is 1.00. The molecule has 0 aromatic heterocycles. The Morgan fingerprint density at radius 1 is 1.42 bits per heavy atom. The molecule has 0 aromatic carbocycles. The predicted octanol–water partition coefficient (Wildman–Crippen LogP) is 0.0870. The molecule has 4 heteroatoms. The van der Waals surface area contributed by atoms with Gasteiger partial charge < -0.3 is 15.2 Å². The van der Waals surface area contributed by atoms with E-state index in [1.807, 2.05) is 0 Å². The molecular weight excluding hydrogens is 161 g/mol. The number of halogens is 1. The predicted molar refractivity (Wildman–Crippen MR) is 43.8 cm³/mol. The second-order valence-corrected chi connectivity index (χ2v) is 3.17. The van der Waals surface area contributed by atoms with Crippen molar-refractivity contribution in [3.8, 4) is 0 Å². The van der Waals surface area contributed by atoms with Crippen molar-refractivity contribution in [3.63, 3.8) is 0 Å². The first kappa shape index (κ1) is 9.89. The average Bonchev–Trinajstić information content (AvgIpc) is 2.16. The van der Waals surface area contributed by atoms with Crippen LogP contribution in [-0.2, 0) is 4.74 Å². The molecule has 1 aliphatic rings. The third-order valence-corrected chi connectivity index (χ3v) is 2.35. The molecule has 0 atom stereocenters. The molecule has 0 amide bonds. The maximum Gasteiger partial charge on any atom is 0.102 e. The van der Waals surface area contributed by atoms with Crippen molar-refractivity contribution in [2.24, 2.45) is 0 Å². The highest BCUT2D eigenvalue weighted by Gasteiger charge is 2.30. The van der Waals surface area contributed by atoms with Crippen LogP contribution >= 0.6 is 0 Å². The largest absolute Gasteiger partial charge is 0.394 e. The number of ether oxygens (including phenoxy) is 1. The van der Waals surface area contributed by atoms with Crippen LogP contribution in [0.2, 0.25) is 0 Å². The van der Waals surface area contributed by atoms with Crippen LogP contribution in [0.3, 0.4) is 0 Å². The average molecular weight is 177 g/mol. The standard InChI is InChI=1S/C8H16FNO2/c9-3-4-10-8(7-11)1-5-12-6-2-8/h10-11H,1-7H2. The summed E-state index contributed by atoms with van der Waals surface area (Å²) in [5, 5.41) is 12.2. The topological polar surface area (TPSA) is 41.5 Å². The Morgan fingerprint density at radius 2 is 2.08 bits per heavy atom. The SMILES string of the molecule is OCC1(NCCF)CCOCC1. The minimum atomic E-state index is -0.386. The first-order valence-corrected chi connectivity index (χ1v) is 4.33. The summed E-state index contributed by atoms with van der Waals surface area (Å²) < 4.78 is 17.0. The molecule has 0 spiro atoms. The third-order valence-electron chi connectivity index (χ3n) is 2.35. The van der Waals surface area contributed by atoms with Gasteiger partial charge in [0.2, 0.25) is 0 Å². The van der Waals surface area contributed by atoms with E-state index in [0.29, 0.717) is 19.8 Å². The van der Waals surface area contributed by atoms with Crippen molar-refractivity contribution in [1.82, 2.24) is 5.32 Å². The van der Waals surface area contributed by atoms with Crippen molar-refractivity contribution in [2.45, 2.75) is 18.4 Å². The lowest BCUT2D eigenvalue weighted by Crippen LogP contribution is -2.52. The number of aliphatic hydroxyl groups is 1. The van der Waals surface area contributed by atoms with Crippen LogP contribution in [-0.4, -0.2) is 43.7 Å². The van der Waals surface area contributed by atoms with Crippen LogP contribution in [0, 0.1) is 0 Å². The monoisotopic (exact) mass is 177 g/mol. The molecule has 72 valence electrons. The Hall–Kier alpha value is -0.190. The molecule has 1 aliphatic heterocycles. The van der Waals surface area contributed by atoms with Gasteiger partial charge in [-0.05, 0) is 12.8 Å². The first-order chi connectivity index (χ1) is 5.83. The highest BCUT2D eigenvalue weighted by atomic mass is 19.1. The maximum absolute atomic E-state index is 11.9. The van der Waals surface area contributed by atoms with Crippen molar-refractivity contribution in [3.05, 3.63) is 0 Å². The van der Waals surface area contributed by atoms with Gasteiger partial charge in [-0.3, -0.25) is 0 Å². The van der Waals surface area contributed by atoms with Gasteiger partial charge >= 0.3 is 0 Å². The molecule has 0 aliphatic carbocycles. The van der Waals surface area contributed by atoms with Gasteiger partial charge in [0.1, 0.15) is 6.67 Å². The molecule has 0 radical (unpaired) electrons. The van der Waals surface area contributed by atoms with E-state index in [1.54, 1.807) is 0 Å². The Balaban J connectivity index is 2.37. The summed E-state index contributed by atoms with van der Waals surface area (Å²) in [7, 11) is 0. The highest BCUT2D eigenvalue weighted by molar-refractivity contribution is 4.89. The molecule has 1 rings (SSSR count). The molecule has 1 fully saturated rings. The minimum Gasteiger partial charge on any atom is -0.394 e. The van der Waals surface area contributed by atoms with Crippen LogP contribution in [0.25, 0.3) is 0 Å². The number of aliphatic hydroxyl groups excluding tert-OH is 1. The summed E-state index contributed by atoms with van der Waals surface area (Å²) in [4.78, 5) is 0. The zero-order valence-corrected chi connectivity index (χ0v) is 7.18. The molecule has 0 bridgehead atoms. The summed E-state index contributed by atoms with van der Waals surface area (Å²) in [6.45, 7) is 1.30. The van der Waals surface area contributed by atoms with Crippen molar-refractivity contribution >= 4 is 0 Å². The molecule has 2 N–H and O–H groups in total. The van der Waals surface area contributed by atoms with Gasteiger partial charge in [0.05, 0.1) is 6.61 Å².